The third-order valence-corrected chi connectivity index (χ3v) is 4.14. The van der Waals surface area contributed by atoms with E-state index in [0.29, 0.717) is 12.6 Å². The molecule has 2 N–H and O–H groups in total. The summed E-state index contributed by atoms with van der Waals surface area (Å²) in [7, 11) is 0. The zero-order valence-corrected chi connectivity index (χ0v) is 11.3. The Morgan fingerprint density at radius 1 is 1.65 bits per heavy atom. The van der Waals surface area contributed by atoms with Crippen molar-refractivity contribution in [2.45, 2.75) is 44.4 Å². The number of hydrogen-bond acceptors (Lipinski definition) is 4. The molecule has 17 heavy (non-hydrogen) atoms. The van der Waals surface area contributed by atoms with E-state index < -0.39 is 0 Å². The van der Waals surface area contributed by atoms with Crippen LogP contribution < -0.4 is 5.32 Å². The third-order valence-electron chi connectivity index (χ3n) is 3.17. The van der Waals surface area contributed by atoms with Gasteiger partial charge < -0.3 is 15.2 Å². The quantitative estimate of drug-likeness (QED) is 0.867. The lowest BCUT2D eigenvalue weighted by Crippen LogP contribution is -2.44. The Bertz CT molecular complexity index is 337. The smallest absolute Gasteiger partial charge is 0.101 e. The van der Waals surface area contributed by atoms with Gasteiger partial charge in [-0.1, -0.05) is 6.07 Å². The van der Waals surface area contributed by atoms with E-state index in [1.165, 1.54) is 0 Å². The van der Waals surface area contributed by atoms with E-state index in [1.807, 2.05) is 17.5 Å². The Kier molecular flexibility index (Phi) is 4.20. The first-order valence-electron chi connectivity index (χ1n) is 6.16. The minimum atomic E-state index is -0.388. The van der Waals surface area contributed by atoms with Gasteiger partial charge in [-0.2, -0.15) is 0 Å². The normalized spacial score (nSPS) is 25.7. The molecular weight excluding hydrogens is 234 g/mol. The van der Waals surface area contributed by atoms with Crippen LogP contribution in [0.25, 0.3) is 0 Å². The van der Waals surface area contributed by atoms with Gasteiger partial charge in [0.05, 0.1) is 5.60 Å². The van der Waals surface area contributed by atoms with Crippen LogP contribution in [0.5, 0.6) is 0 Å². The van der Waals surface area contributed by atoms with Gasteiger partial charge >= 0.3 is 0 Å². The summed E-state index contributed by atoms with van der Waals surface area (Å²) in [5.74, 6) is 0. The van der Waals surface area contributed by atoms with Crippen molar-refractivity contribution >= 4 is 11.3 Å². The molecule has 1 aromatic heterocycles. The highest BCUT2D eigenvalue weighted by Gasteiger charge is 2.28. The molecule has 0 saturated carbocycles. The molecular formula is C13H21NO2S. The Balaban J connectivity index is 1.78. The van der Waals surface area contributed by atoms with Gasteiger partial charge in [0.2, 0.25) is 0 Å². The molecule has 1 saturated heterocycles. The van der Waals surface area contributed by atoms with E-state index >= 15 is 0 Å². The fourth-order valence-electron chi connectivity index (χ4n) is 2.27. The number of thiophene rings is 1. The summed E-state index contributed by atoms with van der Waals surface area (Å²) < 4.78 is 5.67. The van der Waals surface area contributed by atoms with Crippen molar-refractivity contribution in [2.75, 3.05) is 13.2 Å². The predicted octanol–water partition coefficient (Wildman–Crippen LogP) is 2.33. The minimum Gasteiger partial charge on any atom is -0.386 e. The zero-order chi connectivity index (χ0) is 12.3. The lowest BCUT2D eigenvalue weighted by atomic mass is 9.94. The SMILES string of the molecule is CC1(C)CC(NCC(O)c2cccs2)CCO1. The standard InChI is InChI=1S/C13H21NO2S/c1-13(2)8-10(5-6-16-13)14-9-11(15)12-4-3-7-17-12/h3-4,7,10-11,14-15H,5-6,8-9H2,1-2H3. The average molecular weight is 255 g/mol. The summed E-state index contributed by atoms with van der Waals surface area (Å²) in [6.07, 6.45) is 1.64. The van der Waals surface area contributed by atoms with Crippen molar-refractivity contribution in [3.63, 3.8) is 0 Å². The van der Waals surface area contributed by atoms with Crippen LogP contribution in [-0.2, 0) is 4.74 Å². The van der Waals surface area contributed by atoms with Crippen LogP contribution >= 0.6 is 11.3 Å². The molecule has 0 radical (unpaired) electrons. The Hall–Kier alpha value is -0.420. The average Bonchev–Trinajstić information content (AvgIpc) is 2.78. The molecule has 0 spiro atoms. The second-order valence-corrected chi connectivity index (χ2v) is 6.22. The van der Waals surface area contributed by atoms with Crippen molar-refractivity contribution in [1.82, 2.24) is 5.32 Å². The van der Waals surface area contributed by atoms with Gasteiger partial charge in [0, 0.05) is 24.1 Å². The molecule has 0 aliphatic carbocycles. The highest BCUT2D eigenvalue weighted by molar-refractivity contribution is 7.10. The molecule has 1 aliphatic heterocycles. The number of nitrogens with one attached hydrogen (secondary N) is 1. The summed E-state index contributed by atoms with van der Waals surface area (Å²) in [6, 6.07) is 4.40. The highest BCUT2D eigenvalue weighted by Crippen LogP contribution is 2.24. The molecule has 2 heterocycles. The first-order valence-corrected chi connectivity index (χ1v) is 7.04. The molecule has 1 aromatic rings. The van der Waals surface area contributed by atoms with Crippen LogP contribution in [-0.4, -0.2) is 29.9 Å². The van der Waals surface area contributed by atoms with Crippen LogP contribution in [0.4, 0.5) is 0 Å². The van der Waals surface area contributed by atoms with Crippen LogP contribution in [0.15, 0.2) is 17.5 Å². The van der Waals surface area contributed by atoms with Crippen LogP contribution in [0.2, 0.25) is 0 Å². The van der Waals surface area contributed by atoms with Crippen molar-refractivity contribution in [3.8, 4) is 0 Å². The maximum atomic E-state index is 9.99. The number of aliphatic hydroxyl groups is 1. The lowest BCUT2D eigenvalue weighted by molar-refractivity contribution is -0.0638. The summed E-state index contributed by atoms with van der Waals surface area (Å²) in [4.78, 5) is 1.03. The van der Waals surface area contributed by atoms with E-state index in [9.17, 15) is 5.11 Å². The number of rotatable bonds is 4. The van der Waals surface area contributed by atoms with E-state index in [2.05, 4.69) is 19.2 Å². The van der Waals surface area contributed by atoms with Gasteiger partial charge in [-0.15, -0.1) is 11.3 Å². The first-order chi connectivity index (χ1) is 8.07. The fourth-order valence-corrected chi connectivity index (χ4v) is 2.98. The van der Waals surface area contributed by atoms with Gasteiger partial charge in [-0.05, 0) is 38.1 Å². The molecule has 4 heteroatoms. The van der Waals surface area contributed by atoms with Gasteiger partial charge in [0.25, 0.3) is 0 Å². The molecule has 2 atom stereocenters. The van der Waals surface area contributed by atoms with Crippen LogP contribution in [0.3, 0.4) is 0 Å². The third kappa shape index (κ3) is 3.78. The van der Waals surface area contributed by atoms with Crippen LogP contribution in [0, 0.1) is 0 Å². The Morgan fingerprint density at radius 2 is 2.47 bits per heavy atom. The Labute approximate surface area is 107 Å². The summed E-state index contributed by atoms with van der Waals surface area (Å²) in [5, 5.41) is 15.4. The van der Waals surface area contributed by atoms with Gasteiger partial charge in [-0.25, -0.2) is 0 Å². The maximum absolute atomic E-state index is 9.99. The molecule has 2 unspecified atom stereocenters. The van der Waals surface area contributed by atoms with Crippen LogP contribution in [0.1, 0.15) is 37.7 Å². The molecule has 1 aliphatic rings. The Morgan fingerprint density at radius 3 is 3.12 bits per heavy atom. The lowest BCUT2D eigenvalue weighted by Gasteiger charge is -2.36. The monoisotopic (exact) mass is 255 g/mol. The predicted molar refractivity (Wildman–Crippen MR) is 70.3 cm³/mol. The van der Waals surface area contributed by atoms with E-state index in [4.69, 9.17) is 4.74 Å². The second kappa shape index (κ2) is 5.48. The topological polar surface area (TPSA) is 41.5 Å². The molecule has 0 bridgehead atoms. The first kappa shape index (κ1) is 13.0. The van der Waals surface area contributed by atoms with E-state index in [1.54, 1.807) is 11.3 Å². The van der Waals surface area contributed by atoms with Crippen molar-refractivity contribution < 1.29 is 9.84 Å². The summed E-state index contributed by atoms with van der Waals surface area (Å²) >= 11 is 1.60. The van der Waals surface area contributed by atoms with E-state index in [-0.39, 0.29) is 11.7 Å². The van der Waals surface area contributed by atoms with Gasteiger partial charge in [0.1, 0.15) is 6.10 Å². The molecule has 0 amide bonds. The largest absolute Gasteiger partial charge is 0.386 e. The molecule has 3 nitrogen and oxygen atoms in total. The summed E-state index contributed by atoms with van der Waals surface area (Å²) in [5.41, 5.74) is -0.0379. The van der Waals surface area contributed by atoms with E-state index in [0.717, 1.165) is 24.3 Å². The molecule has 1 fully saturated rings. The summed E-state index contributed by atoms with van der Waals surface area (Å²) in [6.45, 7) is 5.67. The van der Waals surface area contributed by atoms with Crippen molar-refractivity contribution in [1.29, 1.82) is 0 Å². The number of aliphatic hydroxyl groups excluding tert-OH is 1. The minimum absolute atomic E-state index is 0.0379. The maximum Gasteiger partial charge on any atom is 0.101 e. The molecule has 0 aromatic carbocycles. The number of hydrogen-bond donors (Lipinski definition) is 2. The van der Waals surface area contributed by atoms with Crippen molar-refractivity contribution in [2.24, 2.45) is 0 Å². The second-order valence-electron chi connectivity index (χ2n) is 5.24. The van der Waals surface area contributed by atoms with Gasteiger partial charge in [0.15, 0.2) is 0 Å². The molecule has 96 valence electrons. The molecule has 2 rings (SSSR count). The highest BCUT2D eigenvalue weighted by atomic mass is 32.1. The van der Waals surface area contributed by atoms with Gasteiger partial charge in [-0.3, -0.25) is 0 Å². The fraction of sp³-hybridized carbons (Fsp3) is 0.692. The van der Waals surface area contributed by atoms with Crippen molar-refractivity contribution in [3.05, 3.63) is 22.4 Å². The zero-order valence-electron chi connectivity index (χ0n) is 10.5. The number of ether oxygens (including phenoxy) is 1.